The highest BCUT2D eigenvalue weighted by molar-refractivity contribution is 7.92. The van der Waals surface area contributed by atoms with Gasteiger partial charge in [0.05, 0.1) is 4.90 Å². The van der Waals surface area contributed by atoms with Gasteiger partial charge in [-0.2, -0.15) is 0 Å². The zero-order valence-electron chi connectivity index (χ0n) is 11.4. The van der Waals surface area contributed by atoms with Gasteiger partial charge in [-0.1, -0.05) is 11.6 Å². The molecule has 7 heteroatoms. The second-order valence-electron chi connectivity index (χ2n) is 5.10. The van der Waals surface area contributed by atoms with Gasteiger partial charge in [-0.15, -0.1) is 0 Å². The first-order valence-electron chi connectivity index (χ1n) is 6.57. The van der Waals surface area contributed by atoms with Gasteiger partial charge in [0.2, 0.25) is 5.95 Å². The summed E-state index contributed by atoms with van der Waals surface area (Å²) < 4.78 is 27.1. The number of aryl methyl sites for hydroxylation is 1. The number of hydrogen-bond acceptors (Lipinski definition) is 4. The first-order valence-corrected chi connectivity index (χ1v) is 8.44. The molecule has 0 spiro atoms. The van der Waals surface area contributed by atoms with Crippen molar-refractivity contribution in [1.82, 2.24) is 9.97 Å². The molecule has 21 heavy (non-hydrogen) atoms. The van der Waals surface area contributed by atoms with E-state index in [9.17, 15) is 8.42 Å². The van der Waals surface area contributed by atoms with E-state index in [-0.39, 0.29) is 10.8 Å². The van der Waals surface area contributed by atoms with Crippen LogP contribution in [0.2, 0.25) is 5.02 Å². The van der Waals surface area contributed by atoms with Crippen LogP contribution in [-0.2, 0) is 10.0 Å². The van der Waals surface area contributed by atoms with Crippen LogP contribution in [0, 0.1) is 6.92 Å². The highest BCUT2D eigenvalue weighted by Crippen LogP contribution is 2.39. The maximum atomic E-state index is 12.3. The van der Waals surface area contributed by atoms with E-state index in [1.54, 1.807) is 19.2 Å². The average molecular weight is 324 g/mol. The van der Waals surface area contributed by atoms with Crippen molar-refractivity contribution < 1.29 is 8.42 Å². The van der Waals surface area contributed by atoms with E-state index >= 15 is 0 Å². The van der Waals surface area contributed by atoms with Crippen molar-refractivity contribution in [3.63, 3.8) is 0 Å². The Morgan fingerprint density at radius 2 is 2.05 bits per heavy atom. The van der Waals surface area contributed by atoms with E-state index < -0.39 is 10.0 Å². The molecule has 1 heterocycles. The second-order valence-corrected chi connectivity index (χ2v) is 7.19. The monoisotopic (exact) mass is 323 g/mol. The number of rotatable bonds is 4. The fourth-order valence-electron chi connectivity index (χ4n) is 1.99. The van der Waals surface area contributed by atoms with Gasteiger partial charge in [0.25, 0.3) is 10.0 Å². The Balaban J connectivity index is 1.88. The summed E-state index contributed by atoms with van der Waals surface area (Å²) in [6.45, 7) is 1.76. The summed E-state index contributed by atoms with van der Waals surface area (Å²) >= 11 is 5.91. The van der Waals surface area contributed by atoms with Crippen molar-refractivity contribution in [1.29, 1.82) is 0 Å². The third kappa shape index (κ3) is 3.16. The Hall–Kier alpha value is -1.66. The molecule has 1 aliphatic carbocycles. The van der Waals surface area contributed by atoms with Crippen LogP contribution in [-0.4, -0.2) is 18.4 Å². The Morgan fingerprint density at radius 1 is 1.29 bits per heavy atom. The summed E-state index contributed by atoms with van der Waals surface area (Å²) in [5, 5.41) is 0.529. The molecular formula is C14H14ClN3O2S. The normalized spacial score (nSPS) is 15.0. The number of aromatic nitrogens is 2. The minimum Gasteiger partial charge on any atom is -0.247 e. The summed E-state index contributed by atoms with van der Waals surface area (Å²) in [5.41, 5.74) is 1.59. The molecule has 0 saturated heterocycles. The molecule has 1 aromatic carbocycles. The van der Waals surface area contributed by atoms with Crippen molar-refractivity contribution >= 4 is 27.6 Å². The van der Waals surface area contributed by atoms with Crippen molar-refractivity contribution in [3.8, 4) is 0 Å². The molecule has 1 aromatic heterocycles. The lowest BCUT2D eigenvalue weighted by Crippen LogP contribution is -2.15. The lowest BCUT2D eigenvalue weighted by Gasteiger charge is -2.08. The predicted molar refractivity (Wildman–Crippen MR) is 81.0 cm³/mol. The molecule has 0 atom stereocenters. The van der Waals surface area contributed by atoms with Crippen molar-refractivity contribution in [2.24, 2.45) is 0 Å². The molecule has 0 unspecified atom stereocenters. The van der Waals surface area contributed by atoms with Crippen molar-refractivity contribution in [3.05, 3.63) is 46.7 Å². The molecule has 1 aliphatic rings. The summed E-state index contributed by atoms with van der Waals surface area (Å²) in [5.74, 6) is 0.543. The first-order chi connectivity index (χ1) is 9.95. The number of nitrogens with one attached hydrogen (secondary N) is 1. The summed E-state index contributed by atoms with van der Waals surface area (Å²) in [6.07, 6.45) is 3.77. The third-order valence-corrected chi connectivity index (χ3v) is 5.09. The van der Waals surface area contributed by atoms with Gasteiger partial charge in [-0.25, -0.2) is 23.1 Å². The molecule has 1 saturated carbocycles. The first kappa shape index (κ1) is 14.3. The molecule has 3 rings (SSSR count). The van der Waals surface area contributed by atoms with Crippen LogP contribution in [0.3, 0.4) is 0 Å². The van der Waals surface area contributed by atoms with Gasteiger partial charge < -0.3 is 0 Å². The van der Waals surface area contributed by atoms with E-state index in [2.05, 4.69) is 14.7 Å². The molecule has 5 nitrogen and oxygen atoms in total. The van der Waals surface area contributed by atoms with Crippen LogP contribution in [0.25, 0.3) is 0 Å². The maximum Gasteiger partial charge on any atom is 0.264 e. The fourth-order valence-corrected chi connectivity index (χ4v) is 3.14. The van der Waals surface area contributed by atoms with E-state index in [4.69, 9.17) is 11.6 Å². The molecule has 1 N–H and O–H groups in total. The SMILES string of the molecule is Cc1cc(S(=O)(=O)Nc2nccc(C3CC3)n2)ccc1Cl. The number of anilines is 1. The quantitative estimate of drug-likeness (QED) is 0.938. The van der Waals surface area contributed by atoms with E-state index in [0.29, 0.717) is 16.5 Å². The molecule has 110 valence electrons. The standard InChI is InChI=1S/C14H14ClN3O2S/c1-9-8-11(4-5-12(9)15)21(19,20)18-14-16-7-6-13(17-14)10-2-3-10/h4-8,10H,2-3H2,1H3,(H,16,17,18). The number of halogens is 1. The molecular weight excluding hydrogens is 310 g/mol. The van der Waals surface area contributed by atoms with Gasteiger partial charge in [0, 0.05) is 22.8 Å². The Kier molecular flexibility index (Phi) is 3.59. The molecule has 0 amide bonds. The Labute approximate surface area is 128 Å². The van der Waals surface area contributed by atoms with Gasteiger partial charge in [0.1, 0.15) is 0 Å². The minimum atomic E-state index is -3.71. The van der Waals surface area contributed by atoms with E-state index in [1.807, 2.05) is 6.07 Å². The molecule has 0 aliphatic heterocycles. The molecule has 0 radical (unpaired) electrons. The second kappa shape index (κ2) is 5.27. The number of benzene rings is 1. The Bertz CT molecular complexity index is 789. The third-order valence-electron chi connectivity index (χ3n) is 3.34. The molecule has 0 bridgehead atoms. The topological polar surface area (TPSA) is 72.0 Å². The summed E-state index contributed by atoms with van der Waals surface area (Å²) in [7, 11) is -3.71. The molecule has 2 aromatic rings. The van der Waals surface area contributed by atoms with Gasteiger partial charge >= 0.3 is 0 Å². The predicted octanol–water partition coefficient (Wildman–Crippen LogP) is 3.12. The van der Waals surface area contributed by atoms with Crippen LogP contribution >= 0.6 is 11.6 Å². The number of sulfonamides is 1. The van der Waals surface area contributed by atoms with Crippen LogP contribution < -0.4 is 4.72 Å². The van der Waals surface area contributed by atoms with E-state index in [0.717, 1.165) is 18.5 Å². The highest BCUT2D eigenvalue weighted by Gasteiger charge is 2.26. The minimum absolute atomic E-state index is 0.104. The van der Waals surface area contributed by atoms with Gasteiger partial charge in [0.15, 0.2) is 0 Å². The summed E-state index contributed by atoms with van der Waals surface area (Å²) in [4.78, 5) is 8.37. The lowest BCUT2D eigenvalue weighted by atomic mass is 10.2. The van der Waals surface area contributed by atoms with Gasteiger partial charge in [-0.05, 0) is 49.6 Å². The van der Waals surface area contributed by atoms with Crippen LogP contribution in [0.1, 0.15) is 30.0 Å². The van der Waals surface area contributed by atoms with Crippen molar-refractivity contribution in [2.45, 2.75) is 30.6 Å². The lowest BCUT2D eigenvalue weighted by molar-refractivity contribution is 0.600. The van der Waals surface area contributed by atoms with Gasteiger partial charge in [-0.3, -0.25) is 0 Å². The van der Waals surface area contributed by atoms with Crippen LogP contribution in [0.15, 0.2) is 35.4 Å². The van der Waals surface area contributed by atoms with Crippen molar-refractivity contribution in [2.75, 3.05) is 4.72 Å². The maximum absolute atomic E-state index is 12.3. The molecule has 1 fully saturated rings. The van der Waals surface area contributed by atoms with Crippen LogP contribution in [0.4, 0.5) is 5.95 Å². The smallest absolute Gasteiger partial charge is 0.247 e. The zero-order valence-corrected chi connectivity index (χ0v) is 12.9. The number of nitrogens with zero attached hydrogens (tertiary/aromatic N) is 2. The zero-order chi connectivity index (χ0) is 15.0. The fraction of sp³-hybridized carbons (Fsp3) is 0.286. The van der Waals surface area contributed by atoms with E-state index in [1.165, 1.54) is 12.1 Å². The number of hydrogen-bond donors (Lipinski definition) is 1. The largest absolute Gasteiger partial charge is 0.264 e. The summed E-state index contributed by atoms with van der Waals surface area (Å²) in [6, 6.07) is 6.37. The average Bonchev–Trinajstić information content (AvgIpc) is 3.26. The van der Waals surface area contributed by atoms with Crippen LogP contribution in [0.5, 0.6) is 0 Å². The highest BCUT2D eigenvalue weighted by atomic mass is 35.5. The Morgan fingerprint density at radius 3 is 2.71 bits per heavy atom.